The maximum absolute atomic E-state index is 11.2. The summed E-state index contributed by atoms with van der Waals surface area (Å²) in [5.74, 6) is 1.75. The van der Waals surface area contributed by atoms with E-state index in [2.05, 4.69) is 15.0 Å². The lowest BCUT2D eigenvalue weighted by Crippen LogP contribution is -2.18. The SMILES string of the molecule is COC(=O)c1ccc(CNC(C)c2ncc(C)o2)o1. The molecule has 19 heavy (non-hydrogen) atoms. The van der Waals surface area contributed by atoms with Crippen molar-refractivity contribution in [3.63, 3.8) is 0 Å². The van der Waals surface area contributed by atoms with Gasteiger partial charge in [0.1, 0.15) is 11.5 Å². The van der Waals surface area contributed by atoms with Crippen LogP contribution >= 0.6 is 0 Å². The molecule has 0 radical (unpaired) electrons. The second-order valence-corrected chi connectivity index (χ2v) is 4.17. The molecule has 1 unspecified atom stereocenters. The molecule has 2 heterocycles. The zero-order valence-electron chi connectivity index (χ0n) is 11.1. The minimum absolute atomic E-state index is 0.0413. The normalized spacial score (nSPS) is 12.4. The molecule has 2 aromatic heterocycles. The Balaban J connectivity index is 1.91. The Morgan fingerprint density at radius 3 is 2.89 bits per heavy atom. The molecule has 0 aromatic carbocycles. The third-order valence-corrected chi connectivity index (χ3v) is 2.64. The maximum atomic E-state index is 11.2. The molecule has 1 atom stereocenters. The van der Waals surface area contributed by atoms with E-state index in [9.17, 15) is 4.79 Å². The van der Waals surface area contributed by atoms with Crippen molar-refractivity contribution < 1.29 is 18.4 Å². The summed E-state index contributed by atoms with van der Waals surface area (Å²) in [6.45, 7) is 4.26. The van der Waals surface area contributed by atoms with Gasteiger partial charge in [0.2, 0.25) is 11.7 Å². The van der Waals surface area contributed by atoms with Gasteiger partial charge in [0.15, 0.2) is 0 Å². The predicted octanol–water partition coefficient (Wildman–Crippen LogP) is 2.21. The van der Waals surface area contributed by atoms with Gasteiger partial charge in [-0.15, -0.1) is 0 Å². The molecule has 6 heteroatoms. The van der Waals surface area contributed by atoms with E-state index in [-0.39, 0.29) is 11.8 Å². The maximum Gasteiger partial charge on any atom is 0.373 e. The topological polar surface area (TPSA) is 77.5 Å². The van der Waals surface area contributed by atoms with E-state index in [1.807, 2.05) is 13.8 Å². The van der Waals surface area contributed by atoms with E-state index in [0.717, 1.165) is 5.76 Å². The van der Waals surface area contributed by atoms with Gasteiger partial charge in [0.25, 0.3) is 0 Å². The summed E-state index contributed by atoms with van der Waals surface area (Å²) in [5.41, 5.74) is 0. The van der Waals surface area contributed by atoms with Crippen LogP contribution in [0.3, 0.4) is 0 Å². The summed E-state index contributed by atoms with van der Waals surface area (Å²) in [6, 6.07) is 3.27. The Labute approximate surface area is 110 Å². The van der Waals surface area contributed by atoms with E-state index >= 15 is 0 Å². The molecule has 0 bridgehead atoms. The summed E-state index contributed by atoms with van der Waals surface area (Å²) >= 11 is 0. The van der Waals surface area contributed by atoms with Gasteiger partial charge in [-0.1, -0.05) is 0 Å². The quantitative estimate of drug-likeness (QED) is 0.834. The average molecular weight is 264 g/mol. The minimum Gasteiger partial charge on any atom is -0.463 e. The number of nitrogens with zero attached hydrogens (tertiary/aromatic N) is 1. The molecule has 0 aliphatic heterocycles. The fourth-order valence-corrected chi connectivity index (χ4v) is 1.60. The highest BCUT2D eigenvalue weighted by molar-refractivity contribution is 5.86. The number of aryl methyl sites for hydroxylation is 1. The van der Waals surface area contributed by atoms with Crippen LogP contribution in [-0.2, 0) is 11.3 Å². The zero-order chi connectivity index (χ0) is 13.8. The Morgan fingerprint density at radius 1 is 1.47 bits per heavy atom. The summed E-state index contributed by atoms with van der Waals surface area (Å²) in [7, 11) is 1.32. The third-order valence-electron chi connectivity index (χ3n) is 2.64. The highest BCUT2D eigenvalue weighted by atomic mass is 16.5. The second kappa shape index (κ2) is 5.71. The molecule has 0 fully saturated rings. The number of carbonyl (C=O) groups is 1. The van der Waals surface area contributed by atoms with Crippen molar-refractivity contribution in [2.75, 3.05) is 7.11 Å². The molecule has 2 aromatic rings. The van der Waals surface area contributed by atoms with Crippen LogP contribution in [0.1, 0.15) is 40.9 Å². The van der Waals surface area contributed by atoms with Crippen LogP contribution in [0.4, 0.5) is 0 Å². The lowest BCUT2D eigenvalue weighted by atomic mass is 10.3. The number of rotatable bonds is 5. The summed E-state index contributed by atoms with van der Waals surface area (Å²) < 4.78 is 15.3. The molecule has 0 amide bonds. The van der Waals surface area contributed by atoms with Crippen LogP contribution in [0.25, 0.3) is 0 Å². The van der Waals surface area contributed by atoms with E-state index < -0.39 is 5.97 Å². The number of methoxy groups -OCH3 is 1. The van der Waals surface area contributed by atoms with E-state index in [4.69, 9.17) is 8.83 Å². The molecule has 0 aliphatic rings. The Morgan fingerprint density at radius 2 is 2.26 bits per heavy atom. The van der Waals surface area contributed by atoms with Crippen LogP contribution in [0.15, 0.2) is 27.2 Å². The average Bonchev–Trinajstić information content (AvgIpc) is 3.04. The Hall–Kier alpha value is -2.08. The van der Waals surface area contributed by atoms with Gasteiger partial charge in [0.05, 0.1) is 25.9 Å². The van der Waals surface area contributed by atoms with E-state index in [1.54, 1.807) is 18.3 Å². The van der Waals surface area contributed by atoms with Crippen molar-refractivity contribution in [2.24, 2.45) is 0 Å². The smallest absolute Gasteiger partial charge is 0.373 e. The van der Waals surface area contributed by atoms with Crippen molar-refractivity contribution in [3.8, 4) is 0 Å². The highest BCUT2D eigenvalue weighted by Crippen LogP contribution is 2.14. The van der Waals surface area contributed by atoms with Crippen molar-refractivity contribution in [2.45, 2.75) is 26.4 Å². The summed E-state index contributed by atoms with van der Waals surface area (Å²) in [5, 5.41) is 3.20. The standard InChI is InChI=1S/C13H16N2O4/c1-8-6-15-12(18-8)9(2)14-7-10-4-5-11(19-10)13(16)17-3/h4-6,9,14H,7H2,1-3H3. The molecule has 6 nitrogen and oxygen atoms in total. The van der Waals surface area contributed by atoms with Crippen LogP contribution < -0.4 is 5.32 Å². The molecule has 102 valence electrons. The molecular formula is C13H16N2O4. The summed E-state index contributed by atoms with van der Waals surface area (Å²) in [6.07, 6.45) is 1.68. The molecule has 0 aliphatic carbocycles. The van der Waals surface area contributed by atoms with E-state index in [1.165, 1.54) is 7.11 Å². The van der Waals surface area contributed by atoms with Gasteiger partial charge in [-0.05, 0) is 26.0 Å². The van der Waals surface area contributed by atoms with Crippen LogP contribution in [0.5, 0.6) is 0 Å². The van der Waals surface area contributed by atoms with Crippen molar-refractivity contribution in [1.82, 2.24) is 10.3 Å². The summed E-state index contributed by atoms with van der Waals surface area (Å²) in [4.78, 5) is 15.4. The number of oxazole rings is 1. The number of aromatic nitrogens is 1. The zero-order valence-corrected chi connectivity index (χ0v) is 11.1. The first kappa shape index (κ1) is 13.4. The number of nitrogens with one attached hydrogen (secondary N) is 1. The van der Waals surface area contributed by atoms with Crippen molar-refractivity contribution in [1.29, 1.82) is 0 Å². The first-order chi connectivity index (χ1) is 9.10. The number of hydrogen-bond donors (Lipinski definition) is 1. The van der Waals surface area contributed by atoms with Gasteiger partial charge in [-0.25, -0.2) is 9.78 Å². The molecule has 0 saturated heterocycles. The van der Waals surface area contributed by atoms with Gasteiger partial charge in [-0.2, -0.15) is 0 Å². The fourth-order valence-electron chi connectivity index (χ4n) is 1.60. The monoisotopic (exact) mass is 264 g/mol. The van der Waals surface area contributed by atoms with Crippen molar-refractivity contribution >= 4 is 5.97 Å². The second-order valence-electron chi connectivity index (χ2n) is 4.17. The van der Waals surface area contributed by atoms with Crippen molar-refractivity contribution in [3.05, 3.63) is 41.5 Å². The number of carbonyl (C=O) groups excluding carboxylic acids is 1. The van der Waals surface area contributed by atoms with Gasteiger partial charge < -0.3 is 13.6 Å². The number of esters is 1. The number of hydrogen-bond acceptors (Lipinski definition) is 6. The van der Waals surface area contributed by atoms with Crippen LogP contribution in [0.2, 0.25) is 0 Å². The Kier molecular flexibility index (Phi) is 4.01. The molecule has 2 rings (SSSR count). The van der Waals surface area contributed by atoms with Gasteiger partial charge >= 0.3 is 5.97 Å². The lowest BCUT2D eigenvalue weighted by Gasteiger charge is -2.08. The van der Waals surface area contributed by atoms with E-state index in [0.29, 0.717) is 18.2 Å². The van der Waals surface area contributed by atoms with Gasteiger partial charge in [0, 0.05) is 0 Å². The first-order valence-electron chi connectivity index (χ1n) is 5.93. The lowest BCUT2D eigenvalue weighted by molar-refractivity contribution is 0.0562. The van der Waals surface area contributed by atoms with Crippen LogP contribution in [0, 0.1) is 6.92 Å². The number of ether oxygens (including phenoxy) is 1. The number of furan rings is 1. The molecule has 1 N–H and O–H groups in total. The fraction of sp³-hybridized carbons (Fsp3) is 0.385. The minimum atomic E-state index is -0.484. The predicted molar refractivity (Wildman–Crippen MR) is 66.5 cm³/mol. The molecule has 0 spiro atoms. The molecule has 0 saturated carbocycles. The third kappa shape index (κ3) is 3.23. The van der Waals surface area contributed by atoms with Gasteiger partial charge in [-0.3, -0.25) is 5.32 Å². The van der Waals surface area contributed by atoms with Crippen LogP contribution in [-0.4, -0.2) is 18.1 Å². The molecular weight excluding hydrogens is 248 g/mol. The first-order valence-corrected chi connectivity index (χ1v) is 5.93. The Bertz CT molecular complexity index is 558. The largest absolute Gasteiger partial charge is 0.463 e. The highest BCUT2D eigenvalue weighted by Gasteiger charge is 2.14.